The summed E-state index contributed by atoms with van der Waals surface area (Å²) in [7, 11) is 1.13. The highest BCUT2D eigenvalue weighted by atomic mass is 79.9. The van der Waals surface area contributed by atoms with Gasteiger partial charge in [-0.05, 0) is 28.1 Å². The fourth-order valence-electron chi connectivity index (χ4n) is 1.06. The number of halogens is 4. The van der Waals surface area contributed by atoms with E-state index < -0.39 is 18.1 Å². The molecule has 0 aliphatic heterocycles. The largest absolute Gasteiger partial charge is 0.573 e. The zero-order chi connectivity index (χ0) is 13.2. The van der Waals surface area contributed by atoms with Crippen molar-refractivity contribution in [2.75, 3.05) is 12.8 Å². The number of nitrogen functional groups attached to an aromatic ring is 1. The average molecular weight is 314 g/mol. The first-order valence-corrected chi connectivity index (χ1v) is 4.97. The molecule has 8 heteroatoms. The fourth-order valence-corrected chi connectivity index (χ4v) is 1.49. The smallest absolute Gasteiger partial charge is 0.465 e. The van der Waals surface area contributed by atoms with Gasteiger partial charge in [-0.15, -0.1) is 13.2 Å². The normalized spacial score (nSPS) is 11.1. The molecule has 0 aliphatic carbocycles. The first kappa shape index (κ1) is 13.6. The summed E-state index contributed by atoms with van der Waals surface area (Å²) >= 11 is 2.82. The maximum absolute atomic E-state index is 12.0. The van der Waals surface area contributed by atoms with E-state index in [1.807, 2.05) is 0 Å². The summed E-state index contributed by atoms with van der Waals surface area (Å²) in [6, 6.07) is 2.06. The second-order valence-electron chi connectivity index (χ2n) is 2.88. The number of hydrogen-bond acceptors (Lipinski definition) is 4. The number of nitrogens with two attached hydrogens (primary N) is 1. The molecule has 2 N–H and O–H groups in total. The third-order valence-corrected chi connectivity index (χ3v) is 2.59. The van der Waals surface area contributed by atoms with Crippen molar-refractivity contribution in [1.82, 2.24) is 0 Å². The van der Waals surface area contributed by atoms with Gasteiger partial charge in [0.2, 0.25) is 0 Å². The molecule has 0 heterocycles. The predicted octanol–water partition coefficient (Wildman–Crippen LogP) is 2.72. The minimum Gasteiger partial charge on any atom is -0.465 e. The highest BCUT2D eigenvalue weighted by molar-refractivity contribution is 9.10. The average Bonchev–Trinajstić information content (AvgIpc) is 2.22. The summed E-state index contributed by atoms with van der Waals surface area (Å²) in [5.74, 6) is -1.27. The van der Waals surface area contributed by atoms with Gasteiger partial charge in [-0.25, -0.2) is 4.79 Å². The van der Waals surface area contributed by atoms with E-state index in [9.17, 15) is 18.0 Å². The third kappa shape index (κ3) is 3.26. The number of esters is 1. The number of carbonyl (C=O) groups excluding carboxylic acids is 1. The summed E-state index contributed by atoms with van der Waals surface area (Å²) < 4.78 is 44.0. The van der Waals surface area contributed by atoms with Crippen LogP contribution in [-0.2, 0) is 4.74 Å². The zero-order valence-corrected chi connectivity index (χ0v) is 10.1. The van der Waals surface area contributed by atoms with Crippen molar-refractivity contribution in [3.63, 3.8) is 0 Å². The molecule has 0 atom stereocenters. The van der Waals surface area contributed by atoms with Crippen molar-refractivity contribution >= 4 is 27.6 Å². The van der Waals surface area contributed by atoms with Crippen molar-refractivity contribution in [2.24, 2.45) is 0 Å². The molecular formula is C9H7BrF3NO3. The lowest BCUT2D eigenvalue weighted by molar-refractivity contribution is -0.274. The second-order valence-corrected chi connectivity index (χ2v) is 3.67. The molecule has 1 aromatic rings. The third-order valence-electron chi connectivity index (χ3n) is 1.78. The van der Waals surface area contributed by atoms with E-state index >= 15 is 0 Å². The first-order valence-electron chi connectivity index (χ1n) is 4.18. The van der Waals surface area contributed by atoms with Crippen LogP contribution in [0.25, 0.3) is 0 Å². The maximum Gasteiger partial charge on any atom is 0.573 e. The van der Waals surface area contributed by atoms with Gasteiger partial charge >= 0.3 is 12.3 Å². The summed E-state index contributed by atoms with van der Waals surface area (Å²) in [5.41, 5.74) is 5.25. The van der Waals surface area contributed by atoms with Crippen LogP contribution in [0.5, 0.6) is 5.75 Å². The van der Waals surface area contributed by atoms with Crippen LogP contribution < -0.4 is 10.5 Å². The molecule has 4 nitrogen and oxygen atoms in total. The van der Waals surface area contributed by atoms with Gasteiger partial charge in [-0.1, -0.05) is 0 Å². The molecule has 0 aromatic heterocycles. The standard InChI is InChI=1S/C9H7BrF3NO3/c1-16-8(15)4-2-3-5(6(10)7(4)14)17-9(11,12)13/h2-3H,14H2,1H3. The summed E-state index contributed by atoms with van der Waals surface area (Å²) in [4.78, 5) is 11.2. The SMILES string of the molecule is COC(=O)c1ccc(OC(F)(F)F)c(Br)c1N. The van der Waals surface area contributed by atoms with Crippen LogP contribution in [0.15, 0.2) is 16.6 Å². The second kappa shape index (κ2) is 4.82. The van der Waals surface area contributed by atoms with Gasteiger partial charge in [0.15, 0.2) is 0 Å². The Kier molecular flexibility index (Phi) is 3.87. The van der Waals surface area contributed by atoms with Gasteiger partial charge < -0.3 is 15.2 Å². The predicted molar refractivity (Wildman–Crippen MR) is 56.6 cm³/mol. The van der Waals surface area contributed by atoms with Crippen molar-refractivity contribution in [3.05, 3.63) is 22.2 Å². The molecule has 0 saturated heterocycles. The van der Waals surface area contributed by atoms with Crippen LogP contribution in [0.3, 0.4) is 0 Å². The molecular weight excluding hydrogens is 307 g/mol. The van der Waals surface area contributed by atoms with E-state index in [1.165, 1.54) is 0 Å². The Bertz CT molecular complexity index is 448. The van der Waals surface area contributed by atoms with E-state index in [0.717, 1.165) is 19.2 Å². The Balaban J connectivity index is 3.15. The minimum atomic E-state index is -4.83. The summed E-state index contributed by atoms with van der Waals surface area (Å²) in [6.07, 6.45) is -4.83. The lowest BCUT2D eigenvalue weighted by atomic mass is 10.2. The Hall–Kier alpha value is -1.44. The molecule has 17 heavy (non-hydrogen) atoms. The van der Waals surface area contributed by atoms with Crippen LogP contribution in [0.2, 0.25) is 0 Å². The Morgan fingerprint density at radius 3 is 2.47 bits per heavy atom. The van der Waals surface area contributed by atoms with Crippen LogP contribution in [-0.4, -0.2) is 19.4 Å². The Morgan fingerprint density at radius 2 is 2.00 bits per heavy atom. The zero-order valence-electron chi connectivity index (χ0n) is 8.47. The van der Waals surface area contributed by atoms with Gasteiger partial charge in [0.05, 0.1) is 22.8 Å². The molecule has 0 fully saturated rings. The molecule has 0 saturated carbocycles. The van der Waals surface area contributed by atoms with E-state index in [0.29, 0.717) is 0 Å². The number of rotatable bonds is 2. The van der Waals surface area contributed by atoms with Crippen molar-refractivity contribution in [2.45, 2.75) is 6.36 Å². The first-order chi connectivity index (χ1) is 7.76. The van der Waals surface area contributed by atoms with Crippen LogP contribution in [0, 0.1) is 0 Å². The maximum atomic E-state index is 12.0. The fraction of sp³-hybridized carbons (Fsp3) is 0.222. The minimum absolute atomic E-state index is 0.0473. The molecule has 0 amide bonds. The molecule has 0 unspecified atom stereocenters. The van der Waals surface area contributed by atoms with Crippen LogP contribution >= 0.6 is 15.9 Å². The van der Waals surface area contributed by atoms with Gasteiger partial charge in [0, 0.05) is 0 Å². The number of ether oxygens (including phenoxy) is 2. The van der Waals surface area contributed by atoms with E-state index in [1.54, 1.807) is 0 Å². The van der Waals surface area contributed by atoms with E-state index in [-0.39, 0.29) is 15.7 Å². The van der Waals surface area contributed by atoms with Crippen LogP contribution in [0.1, 0.15) is 10.4 Å². The molecule has 94 valence electrons. The highest BCUT2D eigenvalue weighted by Crippen LogP contribution is 2.36. The van der Waals surface area contributed by atoms with Crippen molar-refractivity contribution in [3.8, 4) is 5.75 Å². The van der Waals surface area contributed by atoms with Crippen molar-refractivity contribution < 1.29 is 27.4 Å². The van der Waals surface area contributed by atoms with Crippen LogP contribution in [0.4, 0.5) is 18.9 Å². The molecule has 0 radical (unpaired) electrons. The lowest BCUT2D eigenvalue weighted by Gasteiger charge is -2.13. The van der Waals surface area contributed by atoms with Gasteiger partial charge in [0.25, 0.3) is 0 Å². The summed E-state index contributed by atoms with van der Waals surface area (Å²) in [6.45, 7) is 0. The van der Waals surface area contributed by atoms with Gasteiger partial charge in [-0.2, -0.15) is 0 Å². The number of benzene rings is 1. The number of carbonyl (C=O) groups is 1. The molecule has 1 rings (SSSR count). The van der Waals surface area contributed by atoms with Crippen molar-refractivity contribution in [1.29, 1.82) is 0 Å². The number of hydrogen-bond donors (Lipinski definition) is 1. The quantitative estimate of drug-likeness (QED) is 0.673. The Morgan fingerprint density at radius 1 is 1.41 bits per heavy atom. The molecule has 0 bridgehead atoms. The number of methoxy groups -OCH3 is 1. The molecule has 0 aliphatic rings. The molecule has 0 spiro atoms. The monoisotopic (exact) mass is 313 g/mol. The lowest BCUT2D eigenvalue weighted by Crippen LogP contribution is -2.18. The Labute approximate surface area is 103 Å². The van der Waals surface area contributed by atoms with Gasteiger partial charge in [-0.3, -0.25) is 0 Å². The summed E-state index contributed by atoms with van der Waals surface area (Å²) in [5, 5.41) is 0. The molecule has 1 aromatic carbocycles. The number of alkyl halides is 3. The van der Waals surface area contributed by atoms with Gasteiger partial charge in [0.1, 0.15) is 5.75 Å². The van der Waals surface area contributed by atoms with E-state index in [4.69, 9.17) is 5.73 Å². The van der Waals surface area contributed by atoms with E-state index in [2.05, 4.69) is 25.4 Å². The highest BCUT2D eigenvalue weighted by Gasteiger charge is 2.32. The number of anilines is 1. The topological polar surface area (TPSA) is 61.5 Å².